The summed E-state index contributed by atoms with van der Waals surface area (Å²) in [5.41, 5.74) is 9.35. The number of carbonyl (C=O) groups excluding carboxylic acids is 2. The molecule has 4 aromatic rings. The van der Waals surface area contributed by atoms with Crippen LogP contribution in [0.1, 0.15) is 37.4 Å². The number of aryl methyl sites for hydroxylation is 1. The number of halogens is 8. The summed E-state index contributed by atoms with van der Waals surface area (Å²) in [7, 11) is 0. The Labute approximate surface area is 295 Å². The van der Waals surface area contributed by atoms with Crippen molar-refractivity contribution in [3.8, 4) is 0 Å². The van der Waals surface area contributed by atoms with E-state index in [9.17, 15) is 9.59 Å². The summed E-state index contributed by atoms with van der Waals surface area (Å²) in [4.78, 5) is 33.1. The number of aldehydes is 1. The third kappa shape index (κ3) is 6.39. The molecule has 16 heteroatoms. The lowest BCUT2D eigenvalue weighted by Crippen LogP contribution is -2.21. The van der Waals surface area contributed by atoms with Gasteiger partial charge in [0.15, 0.2) is 6.29 Å². The van der Waals surface area contributed by atoms with Gasteiger partial charge in [-0.15, -0.1) is 0 Å². The van der Waals surface area contributed by atoms with Crippen LogP contribution in [0.3, 0.4) is 0 Å². The number of amidine groups is 2. The van der Waals surface area contributed by atoms with Crippen molar-refractivity contribution >= 4 is 139 Å². The van der Waals surface area contributed by atoms with E-state index in [0.717, 1.165) is 5.56 Å². The first kappa shape index (κ1) is 33.4. The van der Waals surface area contributed by atoms with Gasteiger partial charge in [-0.3, -0.25) is 9.59 Å². The first-order valence-corrected chi connectivity index (χ1v) is 15.4. The van der Waals surface area contributed by atoms with Crippen molar-refractivity contribution in [3.05, 3.63) is 110 Å². The van der Waals surface area contributed by atoms with Crippen molar-refractivity contribution in [2.24, 2.45) is 25.9 Å². The maximum absolute atomic E-state index is 12.5. The van der Waals surface area contributed by atoms with Gasteiger partial charge in [0.1, 0.15) is 11.7 Å². The van der Waals surface area contributed by atoms with Crippen molar-refractivity contribution in [2.45, 2.75) is 6.92 Å². The van der Waals surface area contributed by atoms with Gasteiger partial charge in [0.2, 0.25) is 0 Å². The van der Waals surface area contributed by atoms with E-state index in [-0.39, 0.29) is 74.1 Å². The van der Waals surface area contributed by atoms with E-state index < -0.39 is 5.91 Å². The maximum atomic E-state index is 12.5. The zero-order chi connectivity index (χ0) is 32.7. The molecule has 4 aromatic carbocycles. The predicted molar refractivity (Wildman–Crippen MR) is 184 cm³/mol. The number of hydrogen-bond donors (Lipinski definition) is 2. The number of azo groups is 1. The normalized spacial score (nSPS) is 13.9. The minimum Gasteiger partial charge on any atom is -0.383 e. The number of carbonyl (C=O) groups is 2. The highest BCUT2D eigenvalue weighted by molar-refractivity contribution is 6.56. The third-order valence-electron chi connectivity index (χ3n) is 6.43. The van der Waals surface area contributed by atoms with Crippen LogP contribution >= 0.6 is 92.8 Å². The molecule has 0 aromatic heterocycles. The van der Waals surface area contributed by atoms with Gasteiger partial charge in [0.05, 0.1) is 74.1 Å². The highest BCUT2D eigenvalue weighted by Crippen LogP contribution is 2.44. The molecule has 8 nitrogen and oxygen atoms in total. The number of nitrogens with zero attached hydrogens (tertiary/aromatic N) is 4. The number of nitrogens with two attached hydrogens (primary N) is 1. The van der Waals surface area contributed by atoms with E-state index in [1.165, 1.54) is 0 Å². The largest absolute Gasteiger partial charge is 0.383 e. The number of aliphatic imine (C=N–C) groups is 2. The van der Waals surface area contributed by atoms with Crippen LogP contribution in [0.5, 0.6) is 0 Å². The van der Waals surface area contributed by atoms with E-state index in [2.05, 4.69) is 25.5 Å². The zero-order valence-corrected chi connectivity index (χ0v) is 28.4. The fourth-order valence-electron chi connectivity index (χ4n) is 4.24. The fourth-order valence-corrected chi connectivity index (χ4v) is 6.28. The molecule has 0 radical (unpaired) electrons. The van der Waals surface area contributed by atoms with Crippen LogP contribution in [0.15, 0.2) is 62.7 Å². The van der Waals surface area contributed by atoms with E-state index in [0.29, 0.717) is 29.0 Å². The molecule has 3 N–H and O–H groups in total. The minimum absolute atomic E-state index is 0.00757. The number of nitrogens with one attached hydrogen (secondary N) is 1. The molecule has 1 amide bonds. The highest BCUT2D eigenvalue weighted by atomic mass is 35.5. The number of amides is 1. The first-order chi connectivity index (χ1) is 21.3. The Morgan fingerprint density at radius 2 is 1.27 bits per heavy atom. The first-order valence-electron chi connectivity index (χ1n) is 12.4. The molecule has 45 heavy (non-hydrogen) atoms. The molecular formula is C29H14Cl8N6O2. The number of rotatable bonds is 6. The van der Waals surface area contributed by atoms with Crippen molar-refractivity contribution in [1.29, 1.82) is 0 Å². The Morgan fingerprint density at radius 1 is 0.711 bits per heavy atom. The molecular weight excluding hydrogens is 748 g/mol. The quantitative estimate of drug-likeness (QED) is 0.0508. The predicted octanol–water partition coefficient (Wildman–Crippen LogP) is 11.3. The Morgan fingerprint density at radius 3 is 1.89 bits per heavy atom. The standard InChI is InChI=1S/C29H14Cl8N6O2/c1-10-8-13(40-28-17-18(29(45)41-28)22(33)26(37)25(36)21(17)32)6-7-15(10)43-42-12-4-2-11(3-5-12)39-27(38)16-14(9-44)19(30)23(34)24(35)20(16)31/h2-9H,1H3,(H2,38,39)(H,40,41,45)/b43-42+. The average molecular weight is 762 g/mol. The van der Waals surface area contributed by atoms with Crippen molar-refractivity contribution < 1.29 is 9.59 Å². The molecule has 0 saturated heterocycles. The van der Waals surface area contributed by atoms with Crippen LogP contribution in [0.2, 0.25) is 40.2 Å². The molecule has 0 saturated carbocycles. The Kier molecular flexibility index (Phi) is 9.99. The lowest BCUT2D eigenvalue weighted by Gasteiger charge is -2.12. The molecule has 0 aliphatic carbocycles. The topological polar surface area (TPSA) is 122 Å². The second kappa shape index (κ2) is 13.4. The fraction of sp³-hybridized carbons (Fsp3) is 0.0345. The lowest BCUT2D eigenvalue weighted by molar-refractivity contribution is 0.0983. The van der Waals surface area contributed by atoms with Gasteiger partial charge in [0, 0.05) is 11.1 Å². The Hall–Kier alpha value is -2.92. The summed E-state index contributed by atoms with van der Waals surface area (Å²) in [5.74, 6) is -0.400. The van der Waals surface area contributed by atoms with Gasteiger partial charge < -0.3 is 11.1 Å². The average Bonchev–Trinajstić information content (AvgIpc) is 3.34. The molecule has 0 spiro atoms. The van der Waals surface area contributed by atoms with Crippen molar-refractivity contribution in [2.75, 3.05) is 0 Å². The van der Waals surface area contributed by atoms with Crippen molar-refractivity contribution in [3.63, 3.8) is 0 Å². The lowest BCUT2D eigenvalue weighted by atomic mass is 10.1. The van der Waals surface area contributed by atoms with E-state index in [4.69, 9.17) is 98.5 Å². The van der Waals surface area contributed by atoms with Gasteiger partial charge in [-0.25, -0.2) is 9.98 Å². The van der Waals surface area contributed by atoms with Crippen LogP contribution in [-0.2, 0) is 0 Å². The molecule has 0 atom stereocenters. The van der Waals surface area contributed by atoms with E-state index in [1.807, 2.05) is 6.92 Å². The number of benzene rings is 4. The van der Waals surface area contributed by atoms with Gasteiger partial charge in [-0.1, -0.05) is 92.8 Å². The monoisotopic (exact) mass is 758 g/mol. The third-order valence-corrected chi connectivity index (χ3v) is 10.1. The van der Waals surface area contributed by atoms with Crippen molar-refractivity contribution in [1.82, 2.24) is 5.32 Å². The molecule has 0 bridgehead atoms. The Bertz CT molecular complexity index is 2030. The molecule has 228 valence electrons. The number of fused-ring (bicyclic) bond motifs is 1. The summed E-state index contributed by atoms with van der Waals surface area (Å²) in [5, 5.41) is 11.1. The van der Waals surface area contributed by atoms with E-state index in [1.54, 1.807) is 42.5 Å². The molecule has 1 heterocycles. The van der Waals surface area contributed by atoms with Crippen LogP contribution in [-0.4, -0.2) is 23.9 Å². The summed E-state index contributed by atoms with van der Waals surface area (Å²) in [6.45, 7) is 1.83. The molecule has 0 fully saturated rings. The van der Waals surface area contributed by atoms with Crippen LogP contribution in [0, 0.1) is 6.92 Å². The van der Waals surface area contributed by atoms with Gasteiger partial charge in [0.25, 0.3) is 5.91 Å². The Balaban J connectivity index is 1.36. The second-order valence-corrected chi connectivity index (χ2v) is 12.3. The summed E-state index contributed by atoms with van der Waals surface area (Å²) >= 11 is 49.5. The molecule has 1 aliphatic heterocycles. The van der Waals surface area contributed by atoms with Crippen LogP contribution < -0.4 is 11.1 Å². The molecule has 0 unspecified atom stereocenters. The summed E-state index contributed by atoms with van der Waals surface area (Å²) < 4.78 is 0. The van der Waals surface area contributed by atoms with Gasteiger partial charge in [-0.05, 0) is 55.0 Å². The SMILES string of the molecule is Cc1cc(/N=C2\NC(=O)c3c(Cl)c(Cl)c(Cl)c(Cl)c32)ccc1/N=N/c1ccc(/N=C(\N)c2c(Cl)c(Cl)c(Cl)c(Cl)c2C=O)cc1. The molecule has 5 rings (SSSR count). The van der Waals surface area contributed by atoms with Gasteiger partial charge >= 0.3 is 0 Å². The summed E-state index contributed by atoms with van der Waals surface area (Å²) in [6, 6.07) is 11.8. The summed E-state index contributed by atoms with van der Waals surface area (Å²) in [6.07, 6.45) is 0.475. The number of hydrogen-bond acceptors (Lipinski definition) is 6. The van der Waals surface area contributed by atoms with E-state index >= 15 is 0 Å². The maximum Gasteiger partial charge on any atom is 0.259 e. The van der Waals surface area contributed by atoms with Crippen LogP contribution in [0.4, 0.5) is 22.7 Å². The highest BCUT2D eigenvalue weighted by Gasteiger charge is 2.34. The van der Waals surface area contributed by atoms with Crippen LogP contribution in [0.25, 0.3) is 0 Å². The smallest absolute Gasteiger partial charge is 0.259 e. The molecule has 1 aliphatic rings. The second-order valence-electron chi connectivity index (χ2n) is 9.27. The minimum atomic E-state index is -0.496. The zero-order valence-electron chi connectivity index (χ0n) is 22.3. The van der Waals surface area contributed by atoms with Gasteiger partial charge in [-0.2, -0.15) is 10.2 Å².